The summed E-state index contributed by atoms with van der Waals surface area (Å²) >= 11 is 0. The maximum Gasteiger partial charge on any atom is 0.265 e. The second-order valence-electron chi connectivity index (χ2n) is 6.92. The second kappa shape index (κ2) is 9.06. The minimum Gasteiger partial charge on any atom is -0.481 e. The standard InChI is InChI=1S/C24H24N2O3/c1-17(23(27)25-21-11-7-10-20(16-21)24(28)26(2)3)29-22-14-12-19(13-15-22)18-8-5-4-6-9-18/h4-17H,1-3H3,(H,25,27). The highest BCUT2D eigenvalue weighted by Crippen LogP contribution is 2.23. The number of ether oxygens (including phenoxy) is 1. The van der Waals surface area contributed by atoms with Crippen molar-refractivity contribution >= 4 is 17.5 Å². The molecule has 0 aliphatic rings. The first kappa shape index (κ1) is 20.1. The summed E-state index contributed by atoms with van der Waals surface area (Å²) in [5.41, 5.74) is 3.27. The molecule has 3 rings (SSSR count). The third kappa shape index (κ3) is 5.23. The molecule has 0 radical (unpaired) electrons. The van der Waals surface area contributed by atoms with Crippen molar-refractivity contribution in [3.05, 3.63) is 84.4 Å². The number of amides is 2. The summed E-state index contributed by atoms with van der Waals surface area (Å²) in [5, 5.41) is 2.80. The lowest BCUT2D eigenvalue weighted by molar-refractivity contribution is -0.122. The van der Waals surface area contributed by atoms with Gasteiger partial charge in [0.15, 0.2) is 6.10 Å². The van der Waals surface area contributed by atoms with Crippen LogP contribution in [0, 0.1) is 0 Å². The molecule has 2 amide bonds. The molecule has 3 aromatic carbocycles. The van der Waals surface area contributed by atoms with E-state index in [1.807, 2.05) is 54.6 Å². The first-order valence-electron chi connectivity index (χ1n) is 9.39. The normalized spacial score (nSPS) is 11.4. The average Bonchev–Trinajstić information content (AvgIpc) is 2.74. The Bertz CT molecular complexity index is 983. The van der Waals surface area contributed by atoms with Crippen LogP contribution in [0.2, 0.25) is 0 Å². The Hall–Kier alpha value is -3.60. The highest BCUT2D eigenvalue weighted by atomic mass is 16.5. The number of rotatable bonds is 6. The van der Waals surface area contributed by atoms with Crippen LogP contribution in [-0.4, -0.2) is 36.9 Å². The molecular weight excluding hydrogens is 364 g/mol. The lowest BCUT2D eigenvalue weighted by Gasteiger charge is -2.16. The van der Waals surface area contributed by atoms with Gasteiger partial charge in [-0.05, 0) is 48.4 Å². The number of nitrogens with one attached hydrogen (secondary N) is 1. The molecule has 1 N–H and O–H groups in total. The molecule has 1 unspecified atom stereocenters. The highest BCUT2D eigenvalue weighted by Gasteiger charge is 2.16. The maximum atomic E-state index is 12.5. The quantitative estimate of drug-likeness (QED) is 0.678. The average molecular weight is 388 g/mol. The van der Waals surface area contributed by atoms with E-state index in [1.165, 1.54) is 4.90 Å². The van der Waals surface area contributed by atoms with Crippen LogP contribution in [0.5, 0.6) is 5.75 Å². The molecule has 0 saturated heterocycles. The molecule has 0 bridgehead atoms. The van der Waals surface area contributed by atoms with Gasteiger partial charge in [-0.1, -0.05) is 48.5 Å². The Labute approximate surface area is 170 Å². The molecule has 0 fully saturated rings. The third-order valence-electron chi connectivity index (χ3n) is 4.43. The van der Waals surface area contributed by atoms with Crippen LogP contribution in [0.4, 0.5) is 5.69 Å². The van der Waals surface area contributed by atoms with Gasteiger partial charge < -0.3 is 15.0 Å². The van der Waals surface area contributed by atoms with Crippen LogP contribution in [0.15, 0.2) is 78.9 Å². The van der Waals surface area contributed by atoms with Gasteiger partial charge in [0.25, 0.3) is 11.8 Å². The molecule has 0 aliphatic carbocycles. The van der Waals surface area contributed by atoms with Crippen molar-refractivity contribution < 1.29 is 14.3 Å². The van der Waals surface area contributed by atoms with E-state index in [2.05, 4.69) is 5.32 Å². The van der Waals surface area contributed by atoms with Gasteiger partial charge in [-0.2, -0.15) is 0 Å². The van der Waals surface area contributed by atoms with E-state index in [-0.39, 0.29) is 11.8 Å². The molecule has 5 heteroatoms. The predicted octanol–water partition coefficient (Wildman–Crippen LogP) is 4.46. The number of anilines is 1. The monoisotopic (exact) mass is 388 g/mol. The van der Waals surface area contributed by atoms with Gasteiger partial charge in [0.2, 0.25) is 0 Å². The van der Waals surface area contributed by atoms with Gasteiger partial charge in [-0.15, -0.1) is 0 Å². The summed E-state index contributed by atoms with van der Waals surface area (Å²) in [5.74, 6) is 0.208. The molecule has 5 nitrogen and oxygen atoms in total. The summed E-state index contributed by atoms with van der Waals surface area (Å²) in [6.45, 7) is 1.69. The SMILES string of the molecule is CC(Oc1ccc(-c2ccccc2)cc1)C(=O)Nc1cccc(C(=O)N(C)C)c1. The summed E-state index contributed by atoms with van der Waals surface area (Å²) in [6.07, 6.45) is -0.689. The summed E-state index contributed by atoms with van der Waals surface area (Å²) in [4.78, 5) is 26.1. The number of nitrogens with zero attached hydrogens (tertiary/aromatic N) is 1. The van der Waals surface area contributed by atoms with Gasteiger partial charge in [-0.25, -0.2) is 0 Å². The maximum absolute atomic E-state index is 12.5. The molecule has 0 saturated carbocycles. The van der Waals surface area contributed by atoms with Gasteiger partial charge in [0.05, 0.1) is 0 Å². The van der Waals surface area contributed by atoms with Crippen molar-refractivity contribution in [1.82, 2.24) is 4.90 Å². The zero-order valence-corrected chi connectivity index (χ0v) is 16.8. The van der Waals surface area contributed by atoms with Gasteiger partial charge in [-0.3, -0.25) is 9.59 Å². The number of hydrogen-bond acceptors (Lipinski definition) is 3. The second-order valence-corrected chi connectivity index (χ2v) is 6.92. The topological polar surface area (TPSA) is 58.6 Å². The van der Waals surface area contributed by atoms with Crippen LogP contribution in [-0.2, 0) is 4.79 Å². The van der Waals surface area contributed by atoms with E-state index < -0.39 is 6.10 Å². The molecule has 0 heterocycles. The van der Waals surface area contributed by atoms with Crippen molar-refractivity contribution in [2.45, 2.75) is 13.0 Å². The fraction of sp³-hybridized carbons (Fsp3) is 0.167. The Kier molecular flexibility index (Phi) is 6.29. The van der Waals surface area contributed by atoms with Crippen molar-refractivity contribution in [1.29, 1.82) is 0 Å². The van der Waals surface area contributed by atoms with E-state index in [4.69, 9.17) is 4.74 Å². The van der Waals surface area contributed by atoms with E-state index in [9.17, 15) is 9.59 Å². The van der Waals surface area contributed by atoms with E-state index >= 15 is 0 Å². The van der Waals surface area contributed by atoms with Crippen molar-refractivity contribution in [2.75, 3.05) is 19.4 Å². The Morgan fingerprint density at radius 2 is 1.52 bits per heavy atom. The lowest BCUT2D eigenvalue weighted by Crippen LogP contribution is -2.30. The zero-order chi connectivity index (χ0) is 20.8. The largest absolute Gasteiger partial charge is 0.481 e. The number of benzene rings is 3. The smallest absolute Gasteiger partial charge is 0.265 e. The van der Waals surface area contributed by atoms with Crippen LogP contribution < -0.4 is 10.1 Å². The molecule has 0 spiro atoms. The van der Waals surface area contributed by atoms with Gasteiger partial charge >= 0.3 is 0 Å². The Morgan fingerprint density at radius 3 is 2.17 bits per heavy atom. The fourth-order valence-electron chi connectivity index (χ4n) is 2.85. The van der Waals surface area contributed by atoms with Crippen molar-refractivity contribution in [3.63, 3.8) is 0 Å². The summed E-state index contributed by atoms with van der Waals surface area (Å²) in [6, 6.07) is 24.5. The van der Waals surface area contributed by atoms with E-state index in [0.29, 0.717) is 17.0 Å². The molecule has 1 atom stereocenters. The first-order chi connectivity index (χ1) is 13.9. The van der Waals surface area contributed by atoms with Crippen LogP contribution in [0.3, 0.4) is 0 Å². The zero-order valence-electron chi connectivity index (χ0n) is 16.8. The Morgan fingerprint density at radius 1 is 0.862 bits per heavy atom. The minimum atomic E-state index is -0.689. The van der Waals surface area contributed by atoms with E-state index in [0.717, 1.165) is 11.1 Å². The van der Waals surface area contributed by atoms with Gasteiger partial charge in [0, 0.05) is 25.3 Å². The predicted molar refractivity (Wildman–Crippen MR) is 115 cm³/mol. The molecule has 0 aliphatic heterocycles. The van der Waals surface area contributed by atoms with Crippen LogP contribution >= 0.6 is 0 Å². The van der Waals surface area contributed by atoms with Crippen LogP contribution in [0.25, 0.3) is 11.1 Å². The molecule has 0 aromatic heterocycles. The Balaban J connectivity index is 1.62. The molecule has 29 heavy (non-hydrogen) atoms. The fourth-order valence-corrected chi connectivity index (χ4v) is 2.85. The minimum absolute atomic E-state index is 0.121. The number of hydrogen-bond donors (Lipinski definition) is 1. The number of carbonyl (C=O) groups is 2. The summed E-state index contributed by atoms with van der Waals surface area (Å²) < 4.78 is 5.77. The third-order valence-corrected chi connectivity index (χ3v) is 4.43. The molecule has 3 aromatic rings. The molecule has 148 valence electrons. The number of carbonyl (C=O) groups excluding carboxylic acids is 2. The lowest BCUT2D eigenvalue weighted by atomic mass is 10.1. The highest BCUT2D eigenvalue weighted by molar-refractivity contribution is 5.98. The van der Waals surface area contributed by atoms with E-state index in [1.54, 1.807) is 45.3 Å². The van der Waals surface area contributed by atoms with Crippen LogP contribution in [0.1, 0.15) is 17.3 Å². The van der Waals surface area contributed by atoms with Gasteiger partial charge in [0.1, 0.15) is 5.75 Å². The first-order valence-corrected chi connectivity index (χ1v) is 9.39. The van der Waals surface area contributed by atoms with Crippen molar-refractivity contribution in [2.24, 2.45) is 0 Å². The molecular formula is C24H24N2O3. The summed E-state index contributed by atoms with van der Waals surface area (Å²) in [7, 11) is 3.37. The van der Waals surface area contributed by atoms with Crippen molar-refractivity contribution in [3.8, 4) is 16.9 Å².